The molecule has 106 valence electrons. The van der Waals surface area contributed by atoms with Gasteiger partial charge in [0, 0.05) is 5.41 Å². The fourth-order valence-corrected chi connectivity index (χ4v) is 4.05. The van der Waals surface area contributed by atoms with Gasteiger partial charge in [-0.2, -0.15) is 5.26 Å². The average Bonchev–Trinajstić information content (AvgIpc) is 2.73. The lowest BCUT2D eigenvalue weighted by Crippen LogP contribution is -2.58. The number of nitriles is 1. The number of aliphatic hydroxyl groups is 1. The Hall–Kier alpha value is -2.07. The molecule has 0 aromatic rings. The van der Waals surface area contributed by atoms with Gasteiger partial charge in [0.25, 0.3) is 0 Å². The average molecular weight is 276 g/mol. The molecule has 0 bridgehead atoms. The van der Waals surface area contributed by atoms with Crippen molar-refractivity contribution >= 4 is 11.8 Å². The molecule has 0 radical (unpaired) electrons. The first-order valence-corrected chi connectivity index (χ1v) is 6.60. The molecule has 0 aromatic heterocycles. The van der Waals surface area contributed by atoms with E-state index in [4.69, 9.17) is 5.73 Å². The van der Waals surface area contributed by atoms with Crippen LogP contribution < -0.4 is 16.4 Å². The molecule has 0 unspecified atom stereocenters. The molecule has 2 aliphatic heterocycles. The second-order valence-corrected chi connectivity index (χ2v) is 5.96. The monoisotopic (exact) mass is 276 g/mol. The molecule has 3 aliphatic rings. The van der Waals surface area contributed by atoms with Crippen molar-refractivity contribution in [1.82, 2.24) is 10.6 Å². The van der Waals surface area contributed by atoms with E-state index in [9.17, 15) is 20.0 Å². The van der Waals surface area contributed by atoms with Crippen molar-refractivity contribution in [2.75, 3.05) is 0 Å². The van der Waals surface area contributed by atoms with Crippen LogP contribution in [0.15, 0.2) is 11.4 Å². The summed E-state index contributed by atoms with van der Waals surface area (Å²) in [4.78, 5) is 25.0. The zero-order valence-electron chi connectivity index (χ0n) is 11.1. The predicted octanol–water partition coefficient (Wildman–Crippen LogP) is -0.805. The molecule has 2 fully saturated rings. The summed E-state index contributed by atoms with van der Waals surface area (Å²) in [6.45, 7) is 1.68. The second kappa shape index (κ2) is 3.52. The third-order valence-electron chi connectivity index (χ3n) is 5.21. The van der Waals surface area contributed by atoms with E-state index >= 15 is 0 Å². The summed E-state index contributed by atoms with van der Waals surface area (Å²) in [7, 11) is 0. The lowest BCUT2D eigenvalue weighted by Gasteiger charge is -2.47. The number of nitrogens with one attached hydrogen (secondary N) is 2. The van der Waals surface area contributed by atoms with Gasteiger partial charge in [-0.3, -0.25) is 9.59 Å². The fourth-order valence-electron chi connectivity index (χ4n) is 4.05. The molecule has 2 amide bonds. The molecule has 7 nitrogen and oxygen atoms in total. The highest BCUT2D eigenvalue weighted by Crippen LogP contribution is 2.62. The number of carbonyl (C=O) groups is 2. The molecular formula is C13H16N4O3. The van der Waals surface area contributed by atoms with Crippen LogP contribution in [-0.4, -0.2) is 22.6 Å². The van der Waals surface area contributed by atoms with Gasteiger partial charge in [-0.15, -0.1) is 0 Å². The number of fused-ring (bicyclic) bond motifs is 2. The zero-order valence-corrected chi connectivity index (χ0v) is 11.1. The number of nitrogens with two attached hydrogens (primary N) is 1. The molecule has 1 saturated carbocycles. The predicted molar refractivity (Wildman–Crippen MR) is 67.1 cm³/mol. The number of nitrogens with zero attached hydrogens (tertiary/aromatic N) is 1. The highest BCUT2D eigenvalue weighted by atomic mass is 16.3. The topological polar surface area (TPSA) is 128 Å². The first-order chi connectivity index (χ1) is 9.33. The zero-order chi connectivity index (χ0) is 14.8. The Balaban J connectivity index is 2.30. The Morgan fingerprint density at radius 2 is 1.95 bits per heavy atom. The van der Waals surface area contributed by atoms with Crippen molar-refractivity contribution in [2.45, 2.75) is 38.3 Å². The van der Waals surface area contributed by atoms with E-state index in [-0.39, 0.29) is 11.4 Å². The van der Waals surface area contributed by atoms with E-state index in [0.717, 1.165) is 12.8 Å². The summed E-state index contributed by atoms with van der Waals surface area (Å²) >= 11 is 0. The molecule has 2 heterocycles. The van der Waals surface area contributed by atoms with Crippen LogP contribution >= 0.6 is 0 Å². The summed E-state index contributed by atoms with van der Waals surface area (Å²) in [5, 5.41) is 25.1. The molecular weight excluding hydrogens is 260 g/mol. The maximum atomic E-state index is 12.5. The van der Waals surface area contributed by atoms with Crippen molar-refractivity contribution in [3.63, 3.8) is 0 Å². The normalized spacial score (nSPS) is 43.2. The molecule has 5 N–H and O–H groups in total. The maximum absolute atomic E-state index is 12.5. The van der Waals surface area contributed by atoms with Crippen LogP contribution in [-0.2, 0) is 9.59 Å². The van der Waals surface area contributed by atoms with Gasteiger partial charge in [0.2, 0.25) is 11.8 Å². The Morgan fingerprint density at radius 1 is 1.30 bits per heavy atom. The SMILES string of the molecule is C[C@]12CCCC[C@@]1(O)NC(=O)[C@@]21C(=O)NC(N)=C1C#N. The van der Waals surface area contributed by atoms with Crippen molar-refractivity contribution in [1.29, 1.82) is 5.26 Å². The van der Waals surface area contributed by atoms with E-state index in [0.29, 0.717) is 12.8 Å². The highest BCUT2D eigenvalue weighted by Gasteiger charge is 2.77. The van der Waals surface area contributed by atoms with Gasteiger partial charge in [-0.1, -0.05) is 13.3 Å². The summed E-state index contributed by atoms with van der Waals surface area (Å²) in [6.07, 6.45) is 2.36. The maximum Gasteiger partial charge on any atom is 0.247 e. The smallest absolute Gasteiger partial charge is 0.247 e. The Bertz CT molecular complexity index is 607. The number of hydrogen-bond acceptors (Lipinski definition) is 5. The molecule has 3 rings (SSSR count). The van der Waals surface area contributed by atoms with Gasteiger partial charge in [-0.25, -0.2) is 0 Å². The minimum atomic E-state index is -1.72. The third-order valence-corrected chi connectivity index (χ3v) is 5.21. The van der Waals surface area contributed by atoms with Crippen molar-refractivity contribution in [3.8, 4) is 6.07 Å². The Labute approximate surface area is 115 Å². The number of carbonyl (C=O) groups excluding carboxylic acids is 2. The third kappa shape index (κ3) is 1.06. The van der Waals surface area contributed by atoms with Crippen LogP contribution in [0.4, 0.5) is 0 Å². The van der Waals surface area contributed by atoms with E-state index in [1.807, 2.05) is 6.07 Å². The molecule has 1 saturated heterocycles. The van der Waals surface area contributed by atoms with Gasteiger partial charge in [0.15, 0.2) is 5.41 Å². The summed E-state index contributed by atoms with van der Waals surface area (Å²) in [6, 6.07) is 1.88. The molecule has 1 aliphatic carbocycles. The van der Waals surface area contributed by atoms with Crippen LogP contribution in [0.3, 0.4) is 0 Å². The Morgan fingerprint density at radius 3 is 2.60 bits per heavy atom. The van der Waals surface area contributed by atoms with E-state index in [1.165, 1.54) is 0 Å². The lowest BCUT2D eigenvalue weighted by atomic mass is 9.54. The molecule has 3 atom stereocenters. The minimum Gasteiger partial charge on any atom is -0.384 e. The largest absolute Gasteiger partial charge is 0.384 e. The first kappa shape index (κ1) is 12.9. The Kier molecular flexibility index (Phi) is 2.28. The van der Waals surface area contributed by atoms with Crippen molar-refractivity contribution in [2.24, 2.45) is 16.6 Å². The standard InChI is InChI=1S/C13H16N4O3/c1-11-4-2-3-5-12(11,20)17-10(19)13(11)7(6-14)8(15)16-9(13)18/h20H,2-5,15H2,1H3,(H,16,18)(H,17,19)/t11-,12-,13+/m0/s1. The van der Waals surface area contributed by atoms with Crippen LogP contribution in [0, 0.1) is 22.2 Å². The number of hydrogen-bond donors (Lipinski definition) is 4. The van der Waals surface area contributed by atoms with Crippen LogP contribution in [0.25, 0.3) is 0 Å². The van der Waals surface area contributed by atoms with E-state index in [1.54, 1.807) is 6.92 Å². The summed E-state index contributed by atoms with van der Waals surface area (Å²) < 4.78 is 0. The summed E-state index contributed by atoms with van der Waals surface area (Å²) in [5.41, 5.74) is 1.32. The van der Waals surface area contributed by atoms with Crippen LogP contribution in [0.1, 0.15) is 32.6 Å². The highest BCUT2D eigenvalue weighted by molar-refractivity contribution is 6.14. The lowest BCUT2D eigenvalue weighted by molar-refractivity contribution is -0.153. The minimum absolute atomic E-state index is 0.0830. The fraction of sp³-hybridized carbons (Fsp3) is 0.615. The van der Waals surface area contributed by atoms with E-state index < -0.39 is 28.4 Å². The van der Waals surface area contributed by atoms with Gasteiger partial charge in [0.05, 0.1) is 5.57 Å². The second-order valence-electron chi connectivity index (χ2n) is 5.96. The van der Waals surface area contributed by atoms with Gasteiger partial charge in [0.1, 0.15) is 17.6 Å². The molecule has 0 aromatic carbocycles. The number of amides is 2. The first-order valence-electron chi connectivity index (χ1n) is 6.60. The van der Waals surface area contributed by atoms with Gasteiger partial charge >= 0.3 is 0 Å². The van der Waals surface area contributed by atoms with Crippen LogP contribution in [0.2, 0.25) is 0 Å². The number of rotatable bonds is 0. The summed E-state index contributed by atoms with van der Waals surface area (Å²) in [5.74, 6) is -1.35. The van der Waals surface area contributed by atoms with Crippen molar-refractivity contribution < 1.29 is 14.7 Å². The van der Waals surface area contributed by atoms with E-state index in [2.05, 4.69) is 10.6 Å². The quantitative estimate of drug-likeness (QED) is 0.430. The molecule has 20 heavy (non-hydrogen) atoms. The van der Waals surface area contributed by atoms with Crippen LogP contribution in [0.5, 0.6) is 0 Å². The van der Waals surface area contributed by atoms with Crippen molar-refractivity contribution in [3.05, 3.63) is 11.4 Å². The van der Waals surface area contributed by atoms with Gasteiger partial charge in [-0.05, 0) is 19.3 Å². The molecule has 7 heteroatoms. The van der Waals surface area contributed by atoms with Gasteiger partial charge < -0.3 is 21.5 Å². The molecule has 1 spiro atoms.